The number of allylic oxidation sites excluding steroid dienone is 1. The average Bonchev–Trinajstić information content (AvgIpc) is 3.40. The zero-order chi connectivity index (χ0) is 19.3. The Morgan fingerprint density at radius 3 is 2.93 bits per heavy atom. The summed E-state index contributed by atoms with van der Waals surface area (Å²) in [4.78, 5) is 33.9. The molecule has 8 nitrogen and oxygen atoms in total. The van der Waals surface area contributed by atoms with Crippen LogP contribution in [0.1, 0.15) is 19.3 Å². The predicted molar refractivity (Wildman–Crippen MR) is 107 cm³/mol. The van der Waals surface area contributed by atoms with Gasteiger partial charge in [0.2, 0.25) is 5.91 Å². The van der Waals surface area contributed by atoms with Crippen LogP contribution < -0.4 is 16.0 Å². The molecule has 1 saturated carbocycles. The largest absolute Gasteiger partial charge is 0.366 e. The third-order valence-electron chi connectivity index (χ3n) is 5.47. The molecule has 3 N–H and O–H groups in total. The summed E-state index contributed by atoms with van der Waals surface area (Å²) in [6.07, 6.45) is 8.45. The van der Waals surface area contributed by atoms with Gasteiger partial charge in [-0.3, -0.25) is 15.0 Å². The third-order valence-corrected chi connectivity index (χ3v) is 5.97. The van der Waals surface area contributed by atoms with E-state index in [0.29, 0.717) is 17.7 Å². The van der Waals surface area contributed by atoms with Crippen LogP contribution in [0.5, 0.6) is 0 Å². The fourth-order valence-electron chi connectivity index (χ4n) is 3.92. The van der Waals surface area contributed by atoms with Crippen LogP contribution in [-0.2, 0) is 4.79 Å². The molecular formula is C19H21BrN6O2. The Hall–Kier alpha value is -2.55. The highest BCUT2D eigenvalue weighted by molar-refractivity contribution is 9.10. The first-order chi connectivity index (χ1) is 13.6. The van der Waals surface area contributed by atoms with Crippen LogP contribution in [0, 0.1) is 0 Å². The first-order valence-electron chi connectivity index (χ1n) is 9.54. The van der Waals surface area contributed by atoms with Gasteiger partial charge in [-0.1, -0.05) is 22.0 Å². The molecule has 2 fully saturated rings. The number of urea groups is 1. The van der Waals surface area contributed by atoms with Crippen LogP contribution in [0.15, 0.2) is 46.5 Å². The van der Waals surface area contributed by atoms with Crippen LogP contribution >= 0.6 is 15.9 Å². The smallest absolute Gasteiger partial charge is 0.328 e. The van der Waals surface area contributed by atoms with Crippen molar-refractivity contribution in [1.29, 1.82) is 0 Å². The minimum atomic E-state index is -0.475. The molecule has 28 heavy (non-hydrogen) atoms. The molecule has 4 heterocycles. The van der Waals surface area contributed by atoms with Gasteiger partial charge in [-0.05, 0) is 37.5 Å². The number of dihydropyridines is 1. The summed E-state index contributed by atoms with van der Waals surface area (Å²) < 4.78 is 0.846. The molecular weight excluding hydrogens is 424 g/mol. The van der Waals surface area contributed by atoms with Gasteiger partial charge < -0.3 is 15.5 Å². The van der Waals surface area contributed by atoms with Gasteiger partial charge in [0.05, 0.1) is 11.7 Å². The molecule has 2 atom stereocenters. The lowest BCUT2D eigenvalue weighted by atomic mass is 10.1. The van der Waals surface area contributed by atoms with Gasteiger partial charge in [-0.2, -0.15) is 0 Å². The molecule has 4 aliphatic rings. The second kappa shape index (κ2) is 6.80. The number of fused-ring (bicyclic) bond motifs is 3. The van der Waals surface area contributed by atoms with Crippen molar-refractivity contribution in [3.05, 3.63) is 46.5 Å². The van der Waals surface area contributed by atoms with Crippen molar-refractivity contribution in [2.75, 3.05) is 18.4 Å². The number of nitrogens with one attached hydrogen (secondary N) is 3. The number of aromatic nitrogens is 1. The number of hydrogen-bond acceptors (Lipinski definition) is 5. The molecule has 1 aromatic heterocycles. The number of rotatable bonds is 3. The summed E-state index contributed by atoms with van der Waals surface area (Å²) >= 11 is 3.40. The zero-order valence-electron chi connectivity index (χ0n) is 15.2. The Morgan fingerprint density at radius 2 is 2.14 bits per heavy atom. The molecule has 3 amide bonds. The Labute approximate surface area is 171 Å². The Kier molecular flexibility index (Phi) is 4.26. The fourth-order valence-corrected chi connectivity index (χ4v) is 4.25. The standard InChI is InChI=1S/C19H21BrN6O2/c20-11-5-7-21-16(9-11)24-19(28)26-13-6-8-25(10-13)15-4-3-14(23-17(15)26)18(27)22-12-1-2-12/h3-5,7,9,12-14,23H,1-2,6,8,10H2,(H,22,27)(H,21,24,28)/t13-,14?/m0/s1. The van der Waals surface area contributed by atoms with Gasteiger partial charge >= 0.3 is 6.03 Å². The number of anilines is 1. The number of halogens is 1. The Bertz CT molecular complexity index is 896. The van der Waals surface area contributed by atoms with Crippen molar-refractivity contribution < 1.29 is 9.59 Å². The van der Waals surface area contributed by atoms with E-state index < -0.39 is 6.04 Å². The number of pyridine rings is 1. The van der Waals surface area contributed by atoms with Crippen LogP contribution in [0.4, 0.5) is 10.6 Å². The number of carbonyl (C=O) groups is 2. The molecule has 1 aliphatic carbocycles. The highest BCUT2D eigenvalue weighted by atomic mass is 79.9. The Balaban J connectivity index is 1.39. The first kappa shape index (κ1) is 17.5. The van der Waals surface area contributed by atoms with Gasteiger partial charge in [-0.25, -0.2) is 9.78 Å². The highest BCUT2D eigenvalue weighted by Gasteiger charge is 2.42. The van der Waals surface area contributed by atoms with Crippen molar-refractivity contribution in [2.45, 2.75) is 37.4 Å². The lowest BCUT2D eigenvalue weighted by molar-refractivity contribution is -0.122. The maximum Gasteiger partial charge on any atom is 0.328 e. The van der Waals surface area contributed by atoms with Crippen LogP contribution in [-0.4, -0.2) is 57.9 Å². The quantitative estimate of drug-likeness (QED) is 0.660. The summed E-state index contributed by atoms with van der Waals surface area (Å²) in [5.74, 6) is 1.13. The van der Waals surface area contributed by atoms with Crippen LogP contribution in [0.2, 0.25) is 0 Å². The van der Waals surface area contributed by atoms with Crippen LogP contribution in [0.25, 0.3) is 0 Å². The van der Waals surface area contributed by atoms with Crippen molar-refractivity contribution in [1.82, 2.24) is 25.4 Å². The van der Waals surface area contributed by atoms with E-state index in [1.54, 1.807) is 17.2 Å². The molecule has 1 saturated heterocycles. The first-order valence-corrected chi connectivity index (χ1v) is 10.3. The number of hydrogen-bond donors (Lipinski definition) is 3. The molecule has 0 spiro atoms. The second-order valence-electron chi connectivity index (χ2n) is 7.55. The van der Waals surface area contributed by atoms with E-state index in [9.17, 15) is 9.59 Å². The zero-order valence-corrected chi connectivity index (χ0v) is 16.8. The summed E-state index contributed by atoms with van der Waals surface area (Å²) in [6.45, 7) is 1.69. The average molecular weight is 445 g/mol. The van der Waals surface area contributed by atoms with E-state index >= 15 is 0 Å². The molecule has 1 unspecified atom stereocenters. The topological polar surface area (TPSA) is 89.6 Å². The summed E-state index contributed by atoms with van der Waals surface area (Å²) in [5, 5.41) is 9.20. The van der Waals surface area contributed by atoms with Crippen LogP contribution in [0.3, 0.4) is 0 Å². The molecule has 0 aromatic carbocycles. The normalized spacial score (nSPS) is 25.3. The maximum absolute atomic E-state index is 13.1. The maximum atomic E-state index is 13.1. The van der Waals surface area contributed by atoms with Crippen molar-refractivity contribution >= 4 is 33.7 Å². The lowest BCUT2D eigenvalue weighted by Crippen LogP contribution is -2.56. The summed E-state index contributed by atoms with van der Waals surface area (Å²) in [5.41, 5.74) is 0.960. The molecule has 5 rings (SSSR count). The SMILES string of the molecule is O=C(NC1CC1)C1C=CC2=C(N1)N(C(=O)Nc1cc(Br)ccn1)[C@H]1CCN2C1. The van der Waals surface area contributed by atoms with Gasteiger partial charge in [0, 0.05) is 29.8 Å². The van der Waals surface area contributed by atoms with Gasteiger partial charge in [-0.15, -0.1) is 0 Å². The number of nitrogens with zero attached hydrogens (tertiary/aromatic N) is 3. The molecule has 9 heteroatoms. The predicted octanol–water partition coefficient (Wildman–Crippen LogP) is 1.74. The molecule has 2 bridgehead atoms. The number of carbonyl (C=O) groups excluding carboxylic acids is 2. The monoisotopic (exact) mass is 444 g/mol. The Morgan fingerprint density at radius 1 is 1.29 bits per heavy atom. The number of amides is 3. The van der Waals surface area contributed by atoms with E-state index in [0.717, 1.165) is 42.5 Å². The van der Waals surface area contributed by atoms with Crippen molar-refractivity contribution in [3.63, 3.8) is 0 Å². The van der Waals surface area contributed by atoms with E-state index in [4.69, 9.17) is 0 Å². The molecule has 1 aromatic rings. The third kappa shape index (κ3) is 3.23. The fraction of sp³-hybridized carbons (Fsp3) is 0.421. The molecule has 0 radical (unpaired) electrons. The highest BCUT2D eigenvalue weighted by Crippen LogP contribution is 2.33. The minimum Gasteiger partial charge on any atom is -0.366 e. The van der Waals surface area contributed by atoms with Gasteiger partial charge in [0.1, 0.15) is 17.7 Å². The van der Waals surface area contributed by atoms with E-state index in [1.807, 2.05) is 18.2 Å². The van der Waals surface area contributed by atoms with Crippen molar-refractivity contribution in [2.24, 2.45) is 0 Å². The van der Waals surface area contributed by atoms with E-state index in [2.05, 4.69) is 41.8 Å². The second-order valence-corrected chi connectivity index (χ2v) is 8.46. The lowest BCUT2D eigenvalue weighted by Gasteiger charge is -2.40. The van der Waals surface area contributed by atoms with E-state index in [1.165, 1.54) is 0 Å². The summed E-state index contributed by atoms with van der Waals surface area (Å²) in [6, 6.07) is 3.22. The molecule has 146 valence electrons. The minimum absolute atomic E-state index is 0.0489. The van der Waals surface area contributed by atoms with Crippen molar-refractivity contribution in [3.8, 4) is 0 Å². The summed E-state index contributed by atoms with van der Waals surface area (Å²) in [7, 11) is 0. The van der Waals surface area contributed by atoms with Gasteiger partial charge in [0.25, 0.3) is 0 Å². The van der Waals surface area contributed by atoms with E-state index in [-0.39, 0.29) is 18.0 Å². The van der Waals surface area contributed by atoms with Gasteiger partial charge in [0.15, 0.2) is 0 Å². The molecule has 3 aliphatic heterocycles.